The van der Waals surface area contributed by atoms with Crippen molar-refractivity contribution in [2.45, 2.75) is 24.8 Å². The minimum absolute atomic E-state index is 0.0980. The topological polar surface area (TPSA) is 69.6 Å². The number of nitrogens with zero attached hydrogens (tertiary/aromatic N) is 1. The summed E-state index contributed by atoms with van der Waals surface area (Å²) in [4.78, 5) is 2.22. The molecule has 118 valence electrons. The number of likely N-dealkylation sites (tertiary alicyclic amines) is 1. The molecule has 0 spiro atoms. The predicted molar refractivity (Wildman–Crippen MR) is 83.6 cm³/mol. The Balaban J connectivity index is 2.02. The summed E-state index contributed by atoms with van der Waals surface area (Å²) < 4.78 is 24.8. The zero-order valence-electron chi connectivity index (χ0n) is 12.5. The minimum atomic E-state index is -3.16. The first-order valence-electron chi connectivity index (χ1n) is 7.30. The van der Waals surface area contributed by atoms with E-state index >= 15 is 0 Å². The van der Waals surface area contributed by atoms with Gasteiger partial charge in [0.05, 0.1) is 12.9 Å². The van der Waals surface area contributed by atoms with Gasteiger partial charge < -0.3 is 5.11 Å². The van der Waals surface area contributed by atoms with E-state index in [1.807, 2.05) is 18.2 Å². The van der Waals surface area contributed by atoms with Gasteiger partial charge >= 0.3 is 0 Å². The summed E-state index contributed by atoms with van der Waals surface area (Å²) in [5, 5.41) is 9.93. The number of aliphatic hydroxyl groups is 1. The van der Waals surface area contributed by atoms with Crippen LogP contribution in [0.5, 0.6) is 0 Å². The molecule has 1 saturated heterocycles. The molecule has 21 heavy (non-hydrogen) atoms. The molecule has 2 rings (SSSR count). The Morgan fingerprint density at radius 1 is 1.33 bits per heavy atom. The molecule has 1 unspecified atom stereocenters. The summed E-state index contributed by atoms with van der Waals surface area (Å²) in [6.07, 6.45) is 3.94. The van der Waals surface area contributed by atoms with Crippen molar-refractivity contribution in [3.05, 3.63) is 35.9 Å². The SMILES string of the molecule is CS(=O)(=O)NCCN1CCCC1(CO)Cc1ccccc1. The highest BCUT2D eigenvalue weighted by Crippen LogP contribution is 2.32. The van der Waals surface area contributed by atoms with Crippen LogP contribution >= 0.6 is 0 Å². The molecule has 6 heteroatoms. The standard InChI is InChI=1S/C15H24N2O3S/c1-21(19,20)16-9-11-17-10-5-8-15(17,13-18)12-14-6-3-2-4-7-14/h2-4,6-7,16,18H,5,8-13H2,1H3. The molecule has 0 saturated carbocycles. The number of hydrogen-bond donors (Lipinski definition) is 2. The van der Waals surface area contributed by atoms with Crippen molar-refractivity contribution in [3.63, 3.8) is 0 Å². The van der Waals surface area contributed by atoms with Crippen LogP contribution in [0.2, 0.25) is 0 Å². The monoisotopic (exact) mass is 312 g/mol. The van der Waals surface area contributed by atoms with Crippen molar-refractivity contribution in [1.29, 1.82) is 0 Å². The molecule has 1 heterocycles. The second-order valence-electron chi connectivity index (χ2n) is 5.80. The first-order chi connectivity index (χ1) is 9.95. The van der Waals surface area contributed by atoms with Crippen molar-refractivity contribution >= 4 is 10.0 Å². The number of benzene rings is 1. The Bertz CT molecular complexity index is 547. The van der Waals surface area contributed by atoms with Gasteiger partial charge in [0.2, 0.25) is 10.0 Å². The highest BCUT2D eigenvalue weighted by atomic mass is 32.2. The van der Waals surface area contributed by atoms with Gasteiger partial charge in [-0.05, 0) is 31.4 Å². The van der Waals surface area contributed by atoms with E-state index in [0.29, 0.717) is 13.1 Å². The Labute approximate surface area is 127 Å². The van der Waals surface area contributed by atoms with E-state index in [9.17, 15) is 13.5 Å². The molecule has 1 aliphatic rings. The summed E-state index contributed by atoms with van der Waals surface area (Å²) >= 11 is 0. The highest BCUT2D eigenvalue weighted by molar-refractivity contribution is 7.88. The van der Waals surface area contributed by atoms with E-state index in [1.165, 1.54) is 11.8 Å². The average molecular weight is 312 g/mol. The van der Waals surface area contributed by atoms with Crippen molar-refractivity contribution in [1.82, 2.24) is 9.62 Å². The fraction of sp³-hybridized carbons (Fsp3) is 0.600. The van der Waals surface area contributed by atoms with Crippen LogP contribution in [0.3, 0.4) is 0 Å². The lowest BCUT2D eigenvalue weighted by atomic mass is 9.89. The fourth-order valence-corrected chi connectivity index (χ4v) is 3.58. The normalized spacial score (nSPS) is 23.5. The van der Waals surface area contributed by atoms with Crippen LogP contribution in [0, 0.1) is 0 Å². The number of hydrogen-bond acceptors (Lipinski definition) is 4. The maximum absolute atomic E-state index is 11.1. The lowest BCUT2D eigenvalue weighted by Crippen LogP contribution is -2.51. The van der Waals surface area contributed by atoms with Crippen LogP contribution < -0.4 is 4.72 Å². The van der Waals surface area contributed by atoms with E-state index in [1.54, 1.807) is 0 Å². The Hall–Kier alpha value is -0.950. The first-order valence-corrected chi connectivity index (χ1v) is 9.19. The summed E-state index contributed by atoms with van der Waals surface area (Å²) in [5.41, 5.74) is 0.940. The maximum atomic E-state index is 11.1. The number of nitrogens with one attached hydrogen (secondary N) is 1. The summed E-state index contributed by atoms with van der Waals surface area (Å²) in [7, 11) is -3.16. The first kappa shape index (κ1) is 16.4. The molecule has 0 radical (unpaired) electrons. The zero-order chi connectivity index (χ0) is 15.3. The van der Waals surface area contributed by atoms with Crippen LogP contribution in [0.25, 0.3) is 0 Å². The molecule has 0 amide bonds. The second-order valence-corrected chi connectivity index (χ2v) is 7.63. The average Bonchev–Trinajstić information content (AvgIpc) is 2.82. The molecular weight excluding hydrogens is 288 g/mol. The van der Waals surface area contributed by atoms with E-state index in [-0.39, 0.29) is 12.1 Å². The zero-order valence-corrected chi connectivity index (χ0v) is 13.3. The van der Waals surface area contributed by atoms with Gasteiger partial charge in [-0.2, -0.15) is 0 Å². The van der Waals surface area contributed by atoms with E-state index in [4.69, 9.17) is 0 Å². The lowest BCUT2D eigenvalue weighted by molar-refractivity contribution is 0.0656. The van der Waals surface area contributed by atoms with Crippen LogP contribution in [-0.2, 0) is 16.4 Å². The quantitative estimate of drug-likeness (QED) is 0.774. The fourth-order valence-electron chi connectivity index (χ4n) is 3.12. The Kier molecular flexibility index (Phi) is 5.37. The maximum Gasteiger partial charge on any atom is 0.208 e. The van der Waals surface area contributed by atoms with Crippen molar-refractivity contribution < 1.29 is 13.5 Å². The van der Waals surface area contributed by atoms with Crippen LogP contribution in [0.4, 0.5) is 0 Å². The van der Waals surface area contributed by atoms with Gasteiger partial charge in [-0.25, -0.2) is 13.1 Å². The minimum Gasteiger partial charge on any atom is -0.394 e. The molecule has 5 nitrogen and oxygen atoms in total. The van der Waals surface area contributed by atoms with E-state index in [0.717, 1.165) is 25.8 Å². The molecule has 1 aliphatic heterocycles. The molecular formula is C15H24N2O3S. The van der Waals surface area contributed by atoms with Gasteiger partial charge in [-0.15, -0.1) is 0 Å². The van der Waals surface area contributed by atoms with Crippen LogP contribution in [-0.4, -0.2) is 56.5 Å². The van der Waals surface area contributed by atoms with Gasteiger partial charge in [0.1, 0.15) is 0 Å². The van der Waals surface area contributed by atoms with Gasteiger partial charge in [-0.1, -0.05) is 30.3 Å². The lowest BCUT2D eigenvalue weighted by Gasteiger charge is -2.37. The number of aliphatic hydroxyl groups excluding tert-OH is 1. The van der Waals surface area contributed by atoms with Gasteiger partial charge in [-0.3, -0.25) is 4.90 Å². The highest BCUT2D eigenvalue weighted by Gasteiger charge is 2.40. The van der Waals surface area contributed by atoms with E-state index < -0.39 is 10.0 Å². The summed E-state index contributed by atoms with van der Waals surface area (Å²) in [6.45, 7) is 2.01. The molecule has 0 bridgehead atoms. The molecule has 0 aromatic heterocycles. The third-order valence-corrected chi connectivity index (χ3v) is 4.89. The third-order valence-electron chi connectivity index (χ3n) is 4.16. The molecule has 1 aromatic carbocycles. The van der Waals surface area contributed by atoms with Crippen molar-refractivity contribution in [2.75, 3.05) is 32.5 Å². The number of rotatable bonds is 7. The van der Waals surface area contributed by atoms with Crippen molar-refractivity contribution in [2.24, 2.45) is 0 Å². The Morgan fingerprint density at radius 2 is 2.05 bits per heavy atom. The molecule has 2 N–H and O–H groups in total. The number of sulfonamides is 1. The smallest absolute Gasteiger partial charge is 0.208 e. The molecule has 1 fully saturated rings. The van der Waals surface area contributed by atoms with Crippen LogP contribution in [0.15, 0.2) is 30.3 Å². The van der Waals surface area contributed by atoms with Crippen LogP contribution in [0.1, 0.15) is 18.4 Å². The molecule has 1 aromatic rings. The second kappa shape index (κ2) is 6.87. The summed E-state index contributed by atoms with van der Waals surface area (Å²) in [5.74, 6) is 0. The summed E-state index contributed by atoms with van der Waals surface area (Å²) in [6, 6.07) is 10.1. The largest absolute Gasteiger partial charge is 0.394 e. The van der Waals surface area contributed by atoms with Gasteiger partial charge in [0, 0.05) is 18.6 Å². The molecule has 0 aliphatic carbocycles. The van der Waals surface area contributed by atoms with Gasteiger partial charge in [0.25, 0.3) is 0 Å². The van der Waals surface area contributed by atoms with Crippen molar-refractivity contribution in [3.8, 4) is 0 Å². The Morgan fingerprint density at radius 3 is 2.67 bits per heavy atom. The third kappa shape index (κ3) is 4.51. The predicted octanol–water partition coefficient (Wildman–Crippen LogP) is 0.605. The van der Waals surface area contributed by atoms with E-state index in [2.05, 4.69) is 21.8 Å². The van der Waals surface area contributed by atoms with Gasteiger partial charge in [0.15, 0.2) is 0 Å². The molecule has 1 atom stereocenters.